The van der Waals surface area contributed by atoms with Crippen molar-refractivity contribution in [3.63, 3.8) is 0 Å². The molecule has 2 nitrogen and oxygen atoms in total. The summed E-state index contributed by atoms with van der Waals surface area (Å²) in [7, 11) is 0. The maximum atomic E-state index is 10.9. The molecule has 0 saturated heterocycles. The Labute approximate surface area is 73.2 Å². The Hall–Kier alpha value is 0.269. The van der Waals surface area contributed by atoms with Crippen LogP contribution in [0.15, 0.2) is 0 Å². The van der Waals surface area contributed by atoms with Gasteiger partial charge in [0.15, 0.2) is 0 Å². The predicted octanol–water partition coefficient (Wildman–Crippen LogP) is 2.28. The number of carbonyl (C=O) groups excluding carboxylic acids is 1. The summed E-state index contributed by atoms with van der Waals surface area (Å²) in [6, 6.07) is 0. The number of esters is 1. The first kappa shape index (κ1) is 11.3. The molecule has 3 heteroatoms. The zero-order valence-electron chi connectivity index (χ0n) is 7.94. The average Bonchev–Trinajstić information content (AvgIpc) is 1.83. The number of hydrogen-bond acceptors (Lipinski definition) is 2. The van der Waals surface area contributed by atoms with E-state index in [1.54, 1.807) is 0 Å². The van der Waals surface area contributed by atoms with E-state index in [2.05, 4.69) is 14.8 Å². The van der Waals surface area contributed by atoms with Crippen molar-refractivity contribution in [1.82, 2.24) is 0 Å². The third-order valence-corrected chi connectivity index (χ3v) is 6.38. The van der Waals surface area contributed by atoms with Gasteiger partial charge >= 0.3 is 73.1 Å². The summed E-state index contributed by atoms with van der Waals surface area (Å²) in [6.07, 6.45) is 0.632. The third-order valence-electron chi connectivity index (χ3n) is 1.38. The SMILES string of the molecule is CCOC(=O)C[CH2][Sn]([CH3])([CH3])[CH3]. The number of ether oxygens (including phenoxy) is 1. The first-order valence-electron chi connectivity index (χ1n) is 4.11. The topological polar surface area (TPSA) is 26.3 Å². The van der Waals surface area contributed by atoms with Crippen LogP contribution >= 0.6 is 0 Å². The molecule has 0 aliphatic heterocycles. The Morgan fingerprint density at radius 3 is 2.27 bits per heavy atom. The van der Waals surface area contributed by atoms with Gasteiger partial charge in [0.1, 0.15) is 0 Å². The summed E-state index contributed by atoms with van der Waals surface area (Å²) >= 11 is -1.70. The summed E-state index contributed by atoms with van der Waals surface area (Å²) in [6.45, 7) is 2.36. The molecule has 0 N–H and O–H groups in total. The molecule has 11 heavy (non-hydrogen) atoms. The van der Waals surface area contributed by atoms with Gasteiger partial charge in [-0.2, -0.15) is 0 Å². The quantitative estimate of drug-likeness (QED) is 0.575. The van der Waals surface area contributed by atoms with Crippen molar-refractivity contribution < 1.29 is 9.53 Å². The summed E-state index contributed by atoms with van der Waals surface area (Å²) in [5.41, 5.74) is 0. The molecule has 0 aliphatic carbocycles. The Bertz CT molecular complexity index is 127. The predicted molar refractivity (Wildman–Crippen MR) is 49.4 cm³/mol. The molecule has 0 aromatic carbocycles. The van der Waals surface area contributed by atoms with Gasteiger partial charge in [0.05, 0.1) is 0 Å². The van der Waals surface area contributed by atoms with E-state index in [1.165, 1.54) is 0 Å². The molecular weight excluding hydrogens is 247 g/mol. The summed E-state index contributed by atoms with van der Waals surface area (Å²) in [4.78, 5) is 17.9. The summed E-state index contributed by atoms with van der Waals surface area (Å²) in [5, 5.41) is 0. The second kappa shape index (κ2) is 5.01. The number of carbonyl (C=O) groups is 1. The van der Waals surface area contributed by atoms with E-state index in [4.69, 9.17) is 4.74 Å². The van der Waals surface area contributed by atoms with Crippen molar-refractivity contribution in [2.75, 3.05) is 6.61 Å². The Morgan fingerprint density at radius 1 is 1.36 bits per heavy atom. The standard InChI is InChI=1S/C5H9O2.3CH3.Sn/c1-3-5(6)7-4-2;;;;/h1,3-4H2,2H3;3*1H3;. The molecule has 0 bridgehead atoms. The van der Waals surface area contributed by atoms with Gasteiger partial charge in [-0.3, -0.25) is 0 Å². The van der Waals surface area contributed by atoms with E-state index in [0.29, 0.717) is 13.0 Å². The van der Waals surface area contributed by atoms with Crippen LogP contribution in [0.3, 0.4) is 0 Å². The molecule has 0 aromatic rings. The summed E-state index contributed by atoms with van der Waals surface area (Å²) in [5.74, 6) is -0.0286. The zero-order chi connectivity index (χ0) is 8.91. The van der Waals surface area contributed by atoms with Gasteiger partial charge in [0, 0.05) is 0 Å². The van der Waals surface area contributed by atoms with Gasteiger partial charge in [-0.25, -0.2) is 0 Å². The zero-order valence-corrected chi connectivity index (χ0v) is 10.8. The fraction of sp³-hybridized carbons (Fsp3) is 0.875. The maximum absolute atomic E-state index is 10.9. The fourth-order valence-electron chi connectivity index (χ4n) is 0.710. The molecule has 0 unspecified atom stereocenters. The van der Waals surface area contributed by atoms with E-state index in [1.807, 2.05) is 6.92 Å². The Kier molecular flexibility index (Phi) is 5.13. The van der Waals surface area contributed by atoms with E-state index in [0.717, 1.165) is 4.44 Å². The Morgan fingerprint density at radius 2 is 1.91 bits per heavy atom. The molecule has 0 aliphatic rings. The fourth-order valence-corrected chi connectivity index (χ4v) is 3.43. The van der Waals surface area contributed by atoms with Crippen molar-refractivity contribution in [1.29, 1.82) is 0 Å². The molecule has 0 amide bonds. The van der Waals surface area contributed by atoms with Crippen LogP contribution in [0.1, 0.15) is 13.3 Å². The van der Waals surface area contributed by atoms with Gasteiger partial charge < -0.3 is 0 Å². The van der Waals surface area contributed by atoms with Crippen LogP contribution in [0.2, 0.25) is 19.3 Å². The molecular formula is C8H18O2Sn. The Balaban J connectivity index is 3.46. The third kappa shape index (κ3) is 8.17. The molecule has 0 rings (SSSR count). The van der Waals surface area contributed by atoms with Gasteiger partial charge in [0.25, 0.3) is 0 Å². The van der Waals surface area contributed by atoms with Crippen molar-refractivity contribution >= 4 is 24.3 Å². The van der Waals surface area contributed by atoms with Crippen LogP contribution in [0.5, 0.6) is 0 Å². The minimum absolute atomic E-state index is 0.0286. The second-order valence-corrected chi connectivity index (χ2v) is 19.9. The molecule has 0 fully saturated rings. The van der Waals surface area contributed by atoms with E-state index in [9.17, 15) is 4.79 Å². The van der Waals surface area contributed by atoms with Crippen molar-refractivity contribution in [3.8, 4) is 0 Å². The van der Waals surface area contributed by atoms with Crippen molar-refractivity contribution in [2.24, 2.45) is 0 Å². The van der Waals surface area contributed by atoms with Gasteiger partial charge in [-0.15, -0.1) is 0 Å². The van der Waals surface area contributed by atoms with E-state index in [-0.39, 0.29) is 5.97 Å². The first-order chi connectivity index (χ1) is 4.95. The second-order valence-electron chi connectivity index (χ2n) is 3.87. The molecule has 0 saturated carbocycles. The normalized spacial score (nSPS) is 11.3. The van der Waals surface area contributed by atoms with Crippen molar-refractivity contribution in [3.05, 3.63) is 0 Å². The first-order valence-corrected chi connectivity index (χ1v) is 14.7. The summed E-state index contributed by atoms with van der Waals surface area (Å²) < 4.78 is 5.94. The molecule has 0 spiro atoms. The monoisotopic (exact) mass is 266 g/mol. The van der Waals surface area contributed by atoms with E-state index >= 15 is 0 Å². The van der Waals surface area contributed by atoms with Gasteiger partial charge in [-0.1, -0.05) is 0 Å². The van der Waals surface area contributed by atoms with Gasteiger partial charge in [0.2, 0.25) is 0 Å². The number of hydrogen-bond donors (Lipinski definition) is 0. The molecule has 0 atom stereocenters. The van der Waals surface area contributed by atoms with Crippen LogP contribution in [-0.4, -0.2) is 31.0 Å². The molecule has 0 aromatic heterocycles. The number of rotatable bonds is 4. The molecule has 0 heterocycles. The minimum atomic E-state index is -1.70. The average molecular weight is 265 g/mol. The van der Waals surface area contributed by atoms with Crippen LogP contribution < -0.4 is 0 Å². The molecule has 66 valence electrons. The van der Waals surface area contributed by atoms with Crippen LogP contribution in [0.25, 0.3) is 0 Å². The van der Waals surface area contributed by atoms with Crippen LogP contribution in [0.4, 0.5) is 0 Å². The van der Waals surface area contributed by atoms with Crippen LogP contribution in [0, 0.1) is 0 Å². The van der Waals surface area contributed by atoms with Crippen molar-refractivity contribution in [2.45, 2.75) is 32.6 Å². The van der Waals surface area contributed by atoms with Gasteiger partial charge in [-0.05, 0) is 0 Å². The van der Waals surface area contributed by atoms with E-state index < -0.39 is 18.4 Å². The molecule has 0 radical (unpaired) electrons. The van der Waals surface area contributed by atoms with Crippen LogP contribution in [-0.2, 0) is 9.53 Å².